The van der Waals surface area contributed by atoms with E-state index < -0.39 is 11.5 Å². The standard InChI is InChI=1S/C16H24N2O3S2/c1-16(2,3)15(20)23-10-9-18(21)17-13(14(19)22)11-12-7-5-4-6-8-12/h4-8,13,17,21H,9-11H2,1-3H3,(H,19,22). The highest BCUT2D eigenvalue weighted by Gasteiger charge is 2.22. The first-order valence-electron chi connectivity index (χ1n) is 7.36. The van der Waals surface area contributed by atoms with Gasteiger partial charge >= 0.3 is 0 Å². The fourth-order valence-corrected chi connectivity index (χ4v) is 2.76. The van der Waals surface area contributed by atoms with Crippen molar-refractivity contribution < 1.29 is 14.8 Å². The topological polar surface area (TPSA) is 69.6 Å². The lowest BCUT2D eigenvalue weighted by Gasteiger charge is -2.22. The quantitative estimate of drug-likeness (QED) is 0.491. The number of nitrogens with one attached hydrogen (secondary N) is 1. The van der Waals surface area contributed by atoms with Crippen molar-refractivity contribution in [2.45, 2.75) is 33.2 Å². The third kappa shape index (κ3) is 7.99. The van der Waals surface area contributed by atoms with E-state index in [9.17, 15) is 14.8 Å². The summed E-state index contributed by atoms with van der Waals surface area (Å²) >= 11 is 5.03. The average molecular weight is 357 g/mol. The number of benzene rings is 1. The molecule has 0 aromatic heterocycles. The third-order valence-corrected chi connectivity index (χ3v) is 4.61. The molecule has 0 spiro atoms. The summed E-state index contributed by atoms with van der Waals surface area (Å²) in [7, 11) is 0. The van der Waals surface area contributed by atoms with E-state index in [0.717, 1.165) is 10.7 Å². The third-order valence-electron chi connectivity index (χ3n) is 3.03. The number of carbonyl (C=O) groups is 2. The zero-order valence-corrected chi connectivity index (χ0v) is 15.4. The molecule has 23 heavy (non-hydrogen) atoms. The fourth-order valence-electron chi connectivity index (χ4n) is 1.72. The van der Waals surface area contributed by atoms with Gasteiger partial charge in [0.25, 0.3) is 0 Å². The molecule has 1 rings (SSSR count). The molecule has 128 valence electrons. The number of hydrogen-bond donors (Lipinski definition) is 3. The normalized spacial score (nSPS) is 13.1. The van der Waals surface area contributed by atoms with Gasteiger partial charge in [0.15, 0.2) is 5.12 Å². The maximum Gasteiger partial charge on any atom is 0.204 e. The van der Waals surface area contributed by atoms with Gasteiger partial charge in [0.1, 0.15) is 0 Å². The molecule has 0 bridgehead atoms. The molecule has 0 radical (unpaired) electrons. The van der Waals surface area contributed by atoms with Crippen LogP contribution in [0.2, 0.25) is 0 Å². The highest BCUT2D eigenvalue weighted by atomic mass is 32.2. The predicted octanol–water partition coefficient (Wildman–Crippen LogP) is 2.56. The SMILES string of the molecule is CC(C)(C)C(=O)SCCN(O)NC(Cc1ccccc1)C(=O)S. The van der Waals surface area contributed by atoms with E-state index in [0.29, 0.717) is 12.2 Å². The fraction of sp³-hybridized carbons (Fsp3) is 0.500. The molecular weight excluding hydrogens is 332 g/mol. The maximum absolute atomic E-state index is 11.8. The van der Waals surface area contributed by atoms with Crippen molar-refractivity contribution in [3.8, 4) is 0 Å². The summed E-state index contributed by atoms with van der Waals surface area (Å²) in [6.07, 6.45) is 0.425. The Kier molecular flexibility index (Phi) is 8.28. The summed E-state index contributed by atoms with van der Waals surface area (Å²) in [5.41, 5.74) is 3.28. The van der Waals surface area contributed by atoms with Crippen LogP contribution in [0.3, 0.4) is 0 Å². The van der Waals surface area contributed by atoms with Crippen LogP contribution in [-0.4, -0.2) is 38.9 Å². The zero-order chi connectivity index (χ0) is 17.5. The van der Waals surface area contributed by atoms with Crippen LogP contribution in [-0.2, 0) is 16.0 Å². The van der Waals surface area contributed by atoms with Crippen molar-refractivity contribution in [2.75, 3.05) is 12.3 Å². The van der Waals surface area contributed by atoms with Gasteiger partial charge in [0.05, 0.1) is 6.04 Å². The second-order valence-corrected chi connectivity index (χ2v) is 7.73. The summed E-state index contributed by atoms with van der Waals surface area (Å²) in [5.74, 6) is 0.429. The Morgan fingerprint density at radius 2 is 1.91 bits per heavy atom. The molecule has 1 atom stereocenters. The van der Waals surface area contributed by atoms with Gasteiger partial charge in [0.2, 0.25) is 5.12 Å². The highest BCUT2D eigenvalue weighted by Crippen LogP contribution is 2.22. The van der Waals surface area contributed by atoms with Gasteiger partial charge in [-0.15, -0.1) is 17.8 Å². The number of thioether (sulfide) groups is 1. The molecule has 0 fully saturated rings. The van der Waals surface area contributed by atoms with E-state index in [2.05, 4.69) is 18.1 Å². The smallest absolute Gasteiger partial charge is 0.204 e. The van der Waals surface area contributed by atoms with Crippen LogP contribution in [0.15, 0.2) is 30.3 Å². The highest BCUT2D eigenvalue weighted by molar-refractivity contribution is 8.13. The summed E-state index contributed by atoms with van der Waals surface area (Å²) in [6.45, 7) is 5.78. The molecule has 5 nitrogen and oxygen atoms in total. The van der Waals surface area contributed by atoms with Crippen LogP contribution in [0.4, 0.5) is 0 Å². The molecule has 0 saturated carbocycles. The van der Waals surface area contributed by atoms with E-state index in [1.165, 1.54) is 11.8 Å². The Hall–Kier alpha value is -0.860. The molecule has 0 saturated heterocycles. The molecule has 0 amide bonds. The first-order valence-corrected chi connectivity index (χ1v) is 8.80. The van der Waals surface area contributed by atoms with Crippen LogP contribution < -0.4 is 5.43 Å². The van der Waals surface area contributed by atoms with Gasteiger partial charge in [-0.05, 0) is 12.0 Å². The van der Waals surface area contributed by atoms with Crippen molar-refractivity contribution in [1.82, 2.24) is 10.6 Å². The number of carbonyl (C=O) groups excluding carboxylic acids is 2. The minimum atomic E-state index is -0.631. The molecule has 2 N–H and O–H groups in total. The van der Waals surface area contributed by atoms with Crippen molar-refractivity contribution in [1.29, 1.82) is 0 Å². The predicted molar refractivity (Wildman–Crippen MR) is 96.5 cm³/mol. The number of hydroxylamine groups is 1. The van der Waals surface area contributed by atoms with E-state index in [1.54, 1.807) is 0 Å². The number of hydrazine groups is 1. The van der Waals surface area contributed by atoms with Gasteiger partial charge in [0, 0.05) is 17.7 Å². The molecule has 0 aliphatic heterocycles. The largest absolute Gasteiger partial charge is 0.299 e. The van der Waals surface area contributed by atoms with E-state index in [-0.39, 0.29) is 16.8 Å². The van der Waals surface area contributed by atoms with Crippen molar-refractivity contribution >= 4 is 34.6 Å². The van der Waals surface area contributed by atoms with Crippen molar-refractivity contribution in [2.24, 2.45) is 5.41 Å². The minimum absolute atomic E-state index is 0.0667. The first-order chi connectivity index (χ1) is 10.7. The van der Waals surface area contributed by atoms with E-state index >= 15 is 0 Å². The van der Waals surface area contributed by atoms with Gasteiger partial charge in [-0.3, -0.25) is 14.8 Å². The van der Waals surface area contributed by atoms with Gasteiger partial charge < -0.3 is 0 Å². The Morgan fingerprint density at radius 1 is 1.30 bits per heavy atom. The summed E-state index contributed by atoms with van der Waals surface area (Å²) in [4.78, 5) is 23.4. The van der Waals surface area contributed by atoms with Crippen LogP contribution in [0.1, 0.15) is 26.3 Å². The van der Waals surface area contributed by atoms with E-state index in [1.807, 2.05) is 51.1 Å². The number of rotatable bonds is 8. The lowest BCUT2D eigenvalue weighted by molar-refractivity contribution is -0.147. The number of nitrogens with zero attached hydrogens (tertiary/aromatic N) is 1. The van der Waals surface area contributed by atoms with Crippen LogP contribution in [0.25, 0.3) is 0 Å². The lowest BCUT2D eigenvalue weighted by Crippen LogP contribution is -2.47. The lowest BCUT2D eigenvalue weighted by atomic mass is 10.00. The Bertz CT molecular complexity index is 518. The van der Waals surface area contributed by atoms with Crippen LogP contribution in [0, 0.1) is 5.41 Å². The maximum atomic E-state index is 11.8. The van der Waals surface area contributed by atoms with Crippen molar-refractivity contribution in [3.63, 3.8) is 0 Å². The van der Waals surface area contributed by atoms with E-state index in [4.69, 9.17) is 0 Å². The van der Waals surface area contributed by atoms with Gasteiger partial charge in [-0.25, -0.2) is 5.43 Å². The number of hydrogen-bond acceptors (Lipinski definition) is 6. The second kappa shape index (κ2) is 9.44. The molecule has 1 unspecified atom stereocenters. The first kappa shape index (κ1) is 20.2. The number of thiol groups is 1. The summed E-state index contributed by atoms with van der Waals surface area (Å²) < 4.78 is 0. The van der Waals surface area contributed by atoms with Gasteiger partial charge in [-0.2, -0.15) is 0 Å². The Morgan fingerprint density at radius 3 is 2.43 bits per heavy atom. The molecule has 1 aromatic carbocycles. The molecular formula is C16H24N2O3S2. The summed E-state index contributed by atoms with van der Waals surface area (Å²) in [6, 6.07) is 8.86. The molecule has 1 aromatic rings. The molecule has 0 heterocycles. The second-order valence-electron chi connectivity index (χ2n) is 6.22. The molecule has 0 aliphatic carbocycles. The van der Waals surface area contributed by atoms with Crippen LogP contribution in [0.5, 0.6) is 0 Å². The molecule has 0 aliphatic rings. The monoisotopic (exact) mass is 356 g/mol. The Labute approximate surface area is 147 Å². The Balaban J connectivity index is 2.44. The average Bonchev–Trinajstić information content (AvgIpc) is 2.46. The zero-order valence-electron chi connectivity index (χ0n) is 13.7. The van der Waals surface area contributed by atoms with Crippen molar-refractivity contribution in [3.05, 3.63) is 35.9 Å². The molecule has 7 heteroatoms. The van der Waals surface area contributed by atoms with Crippen LogP contribution >= 0.6 is 24.4 Å². The summed E-state index contributed by atoms with van der Waals surface area (Å²) in [5, 5.41) is 10.4. The van der Waals surface area contributed by atoms with Gasteiger partial charge in [-0.1, -0.05) is 62.9 Å². The minimum Gasteiger partial charge on any atom is -0.299 e.